The smallest absolute Gasteiger partial charge is 0.223 e. The number of hydrogen-bond acceptors (Lipinski definition) is 4. The second-order valence-electron chi connectivity index (χ2n) is 3.62. The first kappa shape index (κ1) is 11.9. The average molecular weight is 245 g/mol. The van der Waals surface area contributed by atoms with Gasteiger partial charge in [0.2, 0.25) is 5.95 Å². The minimum atomic E-state index is 0.700. The number of aromatic nitrogens is 2. The lowest BCUT2D eigenvalue weighted by Gasteiger charge is -2.06. The zero-order valence-electron chi connectivity index (χ0n) is 9.97. The molecule has 0 aliphatic rings. The quantitative estimate of drug-likeness (QED) is 0.838. The Balaban J connectivity index is 2.21. The molecular weight excluding hydrogens is 230 g/mol. The van der Waals surface area contributed by atoms with Gasteiger partial charge in [0.25, 0.3) is 0 Å². The van der Waals surface area contributed by atoms with E-state index in [4.69, 9.17) is 0 Å². The Morgan fingerprint density at radius 2 is 1.94 bits per heavy atom. The average Bonchev–Trinajstić information content (AvgIpc) is 2.30. The van der Waals surface area contributed by atoms with Crippen molar-refractivity contribution in [1.82, 2.24) is 9.97 Å². The maximum absolute atomic E-state index is 4.46. The van der Waals surface area contributed by atoms with Crippen molar-refractivity contribution >= 4 is 17.7 Å². The van der Waals surface area contributed by atoms with Gasteiger partial charge in [0.05, 0.1) is 0 Å². The highest BCUT2D eigenvalue weighted by Gasteiger charge is 2.03. The molecule has 1 aromatic heterocycles. The standard InChI is InChI=1S/C13H15N3S/c1-3-14-13-15-10(2)9-12(16-13)17-11-7-5-4-6-8-11/h4-9H,3H2,1-2H3,(H,14,15,16). The molecule has 0 spiro atoms. The van der Waals surface area contributed by atoms with Crippen LogP contribution in [0, 0.1) is 6.92 Å². The predicted molar refractivity (Wildman–Crippen MR) is 71.5 cm³/mol. The van der Waals surface area contributed by atoms with Crippen molar-refractivity contribution in [3.63, 3.8) is 0 Å². The monoisotopic (exact) mass is 245 g/mol. The Labute approximate surface area is 106 Å². The number of benzene rings is 1. The summed E-state index contributed by atoms with van der Waals surface area (Å²) in [5.74, 6) is 0.700. The van der Waals surface area contributed by atoms with Gasteiger partial charge in [-0.2, -0.15) is 0 Å². The molecule has 3 nitrogen and oxygen atoms in total. The maximum Gasteiger partial charge on any atom is 0.223 e. The van der Waals surface area contributed by atoms with E-state index in [-0.39, 0.29) is 0 Å². The molecule has 2 aromatic rings. The molecular formula is C13H15N3S. The number of nitrogens with zero attached hydrogens (tertiary/aromatic N) is 2. The molecule has 0 aliphatic carbocycles. The van der Waals surface area contributed by atoms with Crippen molar-refractivity contribution in [2.75, 3.05) is 11.9 Å². The minimum Gasteiger partial charge on any atom is -0.354 e. The number of rotatable bonds is 4. The van der Waals surface area contributed by atoms with Crippen LogP contribution in [-0.4, -0.2) is 16.5 Å². The third kappa shape index (κ3) is 3.46. The number of anilines is 1. The van der Waals surface area contributed by atoms with Gasteiger partial charge in [-0.3, -0.25) is 0 Å². The van der Waals surface area contributed by atoms with Gasteiger partial charge in [-0.05, 0) is 32.0 Å². The van der Waals surface area contributed by atoms with Gasteiger partial charge in [-0.15, -0.1) is 0 Å². The first-order valence-corrected chi connectivity index (χ1v) is 6.42. The van der Waals surface area contributed by atoms with Crippen LogP contribution in [0.15, 0.2) is 46.3 Å². The normalized spacial score (nSPS) is 10.2. The van der Waals surface area contributed by atoms with Crippen LogP contribution in [0.2, 0.25) is 0 Å². The zero-order chi connectivity index (χ0) is 12.1. The Hall–Kier alpha value is -1.55. The fourth-order valence-electron chi connectivity index (χ4n) is 1.44. The van der Waals surface area contributed by atoms with E-state index in [1.807, 2.05) is 38.1 Å². The molecule has 1 N–H and O–H groups in total. The Kier molecular flexibility index (Phi) is 3.98. The fraction of sp³-hybridized carbons (Fsp3) is 0.231. The largest absolute Gasteiger partial charge is 0.354 e. The van der Waals surface area contributed by atoms with E-state index in [1.165, 1.54) is 4.90 Å². The summed E-state index contributed by atoms with van der Waals surface area (Å²) in [6.07, 6.45) is 0. The molecule has 0 atom stereocenters. The van der Waals surface area contributed by atoms with Crippen LogP contribution < -0.4 is 5.32 Å². The SMILES string of the molecule is CCNc1nc(C)cc(Sc2ccccc2)n1. The lowest BCUT2D eigenvalue weighted by Crippen LogP contribution is -2.03. The molecule has 1 aromatic carbocycles. The molecule has 0 bridgehead atoms. The van der Waals surface area contributed by atoms with Crippen molar-refractivity contribution in [2.24, 2.45) is 0 Å². The lowest BCUT2D eigenvalue weighted by atomic mass is 10.4. The summed E-state index contributed by atoms with van der Waals surface area (Å²) in [6.45, 7) is 4.85. The van der Waals surface area contributed by atoms with Crippen LogP contribution in [0.5, 0.6) is 0 Å². The maximum atomic E-state index is 4.46. The first-order chi connectivity index (χ1) is 8.28. The fourth-order valence-corrected chi connectivity index (χ4v) is 2.33. The molecule has 88 valence electrons. The van der Waals surface area contributed by atoms with Crippen LogP contribution in [0.4, 0.5) is 5.95 Å². The van der Waals surface area contributed by atoms with Gasteiger partial charge in [0, 0.05) is 17.1 Å². The summed E-state index contributed by atoms with van der Waals surface area (Å²) >= 11 is 1.65. The number of hydrogen-bond donors (Lipinski definition) is 1. The van der Waals surface area contributed by atoms with E-state index in [0.29, 0.717) is 5.95 Å². The van der Waals surface area contributed by atoms with E-state index in [9.17, 15) is 0 Å². The van der Waals surface area contributed by atoms with Gasteiger partial charge in [0.1, 0.15) is 5.03 Å². The van der Waals surface area contributed by atoms with E-state index >= 15 is 0 Å². The van der Waals surface area contributed by atoms with Crippen LogP contribution in [0.25, 0.3) is 0 Å². The minimum absolute atomic E-state index is 0.700. The summed E-state index contributed by atoms with van der Waals surface area (Å²) < 4.78 is 0. The van der Waals surface area contributed by atoms with Crippen molar-refractivity contribution in [1.29, 1.82) is 0 Å². The highest BCUT2D eigenvalue weighted by Crippen LogP contribution is 2.26. The van der Waals surface area contributed by atoms with Gasteiger partial charge in [-0.1, -0.05) is 30.0 Å². The molecule has 0 aliphatic heterocycles. The van der Waals surface area contributed by atoms with Crippen LogP contribution in [-0.2, 0) is 0 Å². The molecule has 0 saturated carbocycles. The van der Waals surface area contributed by atoms with Crippen molar-refractivity contribution < 1.29 is 0 Å². The highest BCUT2D eigenvalue weighted by molar-refractivity contribution is 7.99. The zero-order valence-corrected chi connectivity index (χ0v) is 10.8. The number of nitrogens with one attached hydrogen (secondary N) is 1. The van der Waals surface area contributed by atoms with Gasteiger partial charge < -0.3 is 5.32 Å². The molecule has 0 amide bonds. The summed E-state index contributed by atoms with van der Waals surface area (Å²) in [7, 11) is 0. The second-order valence-corrected chi connectivity index (χ2v) is 4.71. The van der Waals surface area contributed by atoms with Gasteiger partial charge >= 0.3 is 0 Å². The molecule has 1 heterocycles. The summed E-state index contributed by atoms with van der Waals surface area (Å²) in [6, 6.07) is 12.2. The van der Waals surface area contributed by atoms with E-state index in [1.54, 1.807) is 11.8 Å². The van der Waals surface area contributed by atoms with E-state index < -0.39 is 0 Å². The third-order valence-corrected chi connectivity index (χ3v) is 3.06. The Bertz CT molecular complexity index is 485. The van der Waals surface area contributed by atoms with Crippen LogP contribution in [0.3, 0.4) is 0 Å². The molecule has 4 heteroatoms. The Morgan fingerprint density at radius 1 is 1.18 bits per heavy atom. The van der Waals surface area contributed by atoms with Crippen molar-refractivity contribution in [3.05, 3.63) is 42.1 Å². The van der Waals surface area contributed by atoms with Gasteiger partial charge in [-0.25, -0.2) is 9.97 Å². The molecule has 0 radical (unpaired) electrons. The summed E-state index contributed by atoms with van der Waals surface area (Å²) in [5.41, 5.74) is 0.981. The third-order valence-electron chi connectivity index (χ3n) is 2.13. The Morgan fingerprint density at radius 3 is 2.65 bits per heavy atom. The van der Waals surface area contributed by atoms with Gasteiger partial charge in [0.15, 0.2) is 0 Å². The molecule has 0 saturated heterocycles. The van der Waals surface area contributed by atoms with Crippen molar-refractivity contribution in [2.45, 2.75) is 23.8 Å². The van der Waals surface area contributed by atoms with Crippen LogP contribution >= 0.6 is 11.8 Å². The summed E-state index contributed by atoms with van der Waals surface area (Å²) in [4.78, 5) is 9.98. The lowest BCUT2D eigenvalue weighted by molar-refractivity contribution is 0.984. The predicted octanol–water partition coefficient (Wildman–Crippen LogP) is 3.37. The van der Waals surface area contributed by atoms with E-state index in [2.05, 4.69) is 27.4 Å². The summed E-state index contributed by atoms with van der Waals surface area (Å²) in [5, 5.41) is 4.11. The molecule has 2 rings (SSSR count). The molecule has 0 unspecified atom stereocenters. The van der Waals surface area contributed by atoms with E-state index in [0.717, 1.165) is 17.3 Å². The van der Waals surface area contributed by atoms with Crippen LogP contribution in [0.1, 0.15) is 12.6 Å². The first-order valence-electron chi connectivity index (χ1n) is 5.60. The topological polar surface area (TPSA) is 37.8 Å². The molecule has 17 heavy (non-hydrogen) atoms. The number of aryl methyl sites for hydroxylation is 1. The highest BCUT2D eigenvalue weighted by atomic mass is 32.2. The van der Waals surface area contributed by atoms with Crippen molar-refractivity contribution in [3.8, 4) is 0 Å². The second kappa shape index (κ2) is 5.68. The molecule has 0 fully saturated rings.